The van der Waals surface area contributed by atoms with Gasteiger partial charge in [-0.2, -0.15) is 0 Å². The average Bonchev–Trinajstić information content (AvgIpc) is 3.02. The van der Waals surface area contributed by atoms with Gasteiger partial charge in [0.1, 0.15) is 5.75 Å². The molecule has 0 aliphatic rings. The third kappa shape index (κ3) is 6.18. The summed E-state index contributed by atoms with van der Waals surface area (Å²) < 4.78 is 5.60. The van der Waals surface area contributed by atoms with Crippen LogP contribution in [0.4, 0.5) is 4.79 Å². The fraction of sp³-hybridized carbons (Fsp3) is 0.353. The maximum atomic E-state index is 11.6. The Morgan fingerprint density at radius 1 is 1.14 bits per heavy atom. The van der Waals surface area contributed by atoms with Crippen LogP contribution in [0, 0.1) is 6.92 Å². The van der Waals surface area contributed by atoms with Crippen molar-refractivity contribution >= 4 is 17.4 Å². The number of thiophene rings is 1. The molecule has 0 saturated carbocycles. The standard InChI is InChI=1S/C17H22N2O2S/c1-14-5-7-15(8-6-14)21-12-3-10-18-17(20)19-11-9-16-4-2-13-22-16/h2,4-8,13H,3,9-12H2,1H3,(H2,18,19,20). The quantitative estimate of drug-likeness (QED) is 0.733. The zero-order valence-corrected chi connectivity index (χ0v) is 13.6. The van der Waals surface area contributed by atoms with Crippen molar-refractivity contribution in [1.82, 2.24) is 10.6 Å². The molecule has 1 aromatic carbocycles. The second kappa shape index (κ2) is 9.10. The monoisotopic (exact) mass is 318 g/mol. The lowest BCUT2D eigenvalue weighted by Gasteiger charge is -2.08. The van der Waals surface area contributed by atoms with Crippen LogP contribution in [-0.4, -0.2) is 25.7 Å². The van der Waals surface area contributed by atoms with Crippen LogP contribution in [-0.2, 0) is 6.42 Å². The van der Waals surface area contributed by atoms with Gasteiger partial charge in [-0.3, -0.25) is 0 Å². The Morgan fingerprint density at radius 3 is 2.64 bits per heavy atom. The minimum absolute atomic E-state index is 0.119. The SMILES string of the molecule is Cc1ccc(OCCCNC(=O)NCCc2cccs2)cc1. The first kappa shape index (κ1) is 16.4. The van der Waals surface area contributed by atoms with E-state index in [2.05, 4.69) is 16.7 Å². The molecule has 2 N–H and O–H groups in total. The van der Waals surface area contributed by atoms with Gasteiger partial charge < -0.3 is 15.4 Å². The van der Waals surface area contributed by atoms with Gasteiger partial charge in [-0.1, -0.05) is 23.8 Å². The number of benzene rings is 1. The topological polar surface area (TPSA) is 50.4 Å². The van der Waals surface area contributed by atoms with Crippen LogP contribution < -0.4 is 15.4 Å². The van der Waals surface area contributed by atoms with Crippen LogP contribution in [0.15, 0.2) is 41.8 Å². The van der Waals surface area contributed by atoms with Crippen LogP contribution >= 0.6 is 11.3 Å². The molecule has 1 aromatic heterocycles. The van der Waals surface area contributed by atoms with Gasteiger partial charge in [0.05, 0.1) is 6.61 Å². The number of carbonyl (C=O) groups is 1. The number of carbonyl (C=O) groups excluding carboxylic acids is 1. The Kier molecular flexibility index (Phi) is 6.77. The summed E-state index contributed by atoms with van der Waals surface area (Å²) in [6.45, 7) is 3.91. The maximum absolute atomic E-state index is 11.6. The zero-order valence-electron chi connectivity index (χ0n) is 12.8. The first-order valence-electron chi connectivity index (χ1n) is 7.47. The molecule has 0 atom stereocenters. The van der Waals surface area contributed by atoms with E-state index in [9.17, 15) is 4.79 Å². The molecule has 22 heavy (non-hydrogen) atoms. The maximum Gasteiger partial charge on any atom is 0.314 e. The summed E-state index contributed by atoms with van der Waals surface area (Å²) in [5.41, 5.74) is 1.22. The van der Waals surface area contributed by atoms with Crippen molar-refractivity contribution in [3.8, 4) is 5.75 Å². The summed E-state index contributed by atoms with van der Waals surface area (Å²) in [5.74, 6) is 0.867. The molecule has 0 radical (unpaired) electrons. The van der Waals surface area contributed by atoms with E-state index in [0.717, 1.165) is 18.6 Å². The van der Waals surface area contributed by atoms with Crippen molar-refractivity contribution in [2.75, 3.05) is 19.7 Å². The number of hydrogen-bond donors (Lipinski definition) is 2. The van der Waals surface area contributed by atoms with Crippen LogP contribution in [0.25, 0.3) is 0 Å². The number of urea groups is 1. The molecule has 1 heterocycles. The van der Waals surface area contributed by atoms with Gasteiger partial charge in [-0.15, -0.1) is 11.3 Å². The summed E-state index contributed by atoms with van der Waals surface area (Å²) in [6, 6.07) is 11.9. The van der Waals surface area contributed by atoms with E-state index in [1.807, 2.05) is 42.6 Å². The summed E-state index contributed by atoms with van der Waals surface area (Å²) >= 11 is 1.71. The lowest BCUT2D eigenvalue weighted by Crippen LogP contribution is -2.37. The number of ether oxygens (including phenoxy) is 1. The molecule has 4 nitrogen and oxygen atoms in total. The van der Waals surface area contributed by atoms with E-state index in [4.69, 9.17) is 4.74 Å². The predicted octanol–water partition coefficient (Wildman–Crippen LogP) is 3.37. The fourth-order valence-electron chi connectivity index (χ4n) is 1.92. The van der Waals surface area contributed by atoms with Gasteiger partial charge in [0, 0.05) is 18.0 Å². The van der Waals surface area contributed by atoms with E-state index in [1.54, 1.807) is 11.3 Å². The minimum atomic E-state index is -0.119. The Balaban J connectivity index is 1.49. The van der Waals surface area contributed by atoms with Crippen LogP contribution in [0.5, 0.6) is 5.75 Å². The predicted molar refractivity (Wildman–Crippen MR) is 90.7 cm³/mol. The molecule has 0 unspecified atom stereocenters. The normalized spacial score (nSPS) is 10.2. The highest BCUT2D eigenvalue weighted by Crippen LogP contribution is 2.11. The van der Waals surface area contributed by atoms with E-state index in [1.165, 1.54) is 10.4 Å². The molecule has 0 saturated heterocycles. The van der Waals surface area contributed by atoms with Crippen molar-refractivity contribution in [2.45, 2.75) is 19.8 Å². The van der Waals surface area contributed by atoms with Gasteiger partial charge in [0.2, 0.25) is 0 Å². The molecule has 118 valence electrons. The zero-order chi connectivity index (χ0) is 15.6. The van der Waals surface area contributed by atoms with Gasteiger partial charge >= 0.3 is 6.03 Å². The number of aryl methyl sites for hydroxylation is 1. The highest BCUT2D eigenvalue weighted by Gasteiger charge is 2.00. The summed E-state index contributed by atoms with van der Waals surface area (Å²) in [4.78, 5) is 12.9. The van der Waals surface area contributed by atoms with Crippen molar-refractivity contribution in [2.24, 2.45) is 0 Å². The second-order valence-electron chi connectivity index (χ2n) is 5.03. The molecular weight excluding hydrogens is 296 g/mol. The Morgan fingerprint density at radius 2 is 1.91 bits per heavy atom. The Bertz CT molecular complexity index is 553. The van der Waals surface area contributed by atoms with Gasteiger partial charge in [0.15, 0.2) is 0 Å². The molecule has 0 fully saturated rings. The van der Waals surface area contributed by atoms with Crippen molar-refractivity contribution < 1.29 is 9.53 Å². The lowest BCUT2D eigenvalue weighted by molar-refractivity contribution is 0.239. The summed E-state index contributed by atoms with van der Waals surface area (Å²) in [5, 5.41) is 7.73. The smallest absolute Gasteiger partial charge is 0.314 e. The third-order valence-corrected chi connectivity index (χ3v) is 4.07. The van der Waals surface area contributed by atoms with Crippen LogP contribution in [0.2, 0.25) is 0 Å². The van der Waals surface area contributed by atoms with Crippen molar-refractivity contribution in [1.29, 1.82) is 0 Å². The number of nitrogens with one attached hydrogen (secondary N) is 2. The van der Waals surface area contributed by atoms with Gasteiger partial charge in [-0.05, 0) is 43.3 Å². The third-order valence-electron chi connectivity index (χ3n) is 3.13. The van der Waals surface area contributed by atoms with E-state index >= 15 is 0 Å². The Labute approximate surface area is 135 Å². The Hall–Kier alpha value is -2.01. The molecule has 2 aromatic rings. The molecule has 5 heteroatoms. The second-order valence-corrected chi connectivity index (χ2v) is 6.06. The van der Waals surface area contributed by atoms with Crippen LogP contribution in [0.3, 0.4) is 0 Å². The van der Waals surface area contributed by atoms with E-state index < -0.39 is 0 Å². The van der Waals surface area contributed by atoms with E-state index in [0.29, 0.717) is 19.7 Å². The van der Waals surface area contributed by atoms with E-state index in [-0.39, 0.29) is 6.03 Å². The minimum Gasteiger partial charge on any atom is -0.494 e. The molecule has 0 aliphatic carbocycles. The van der Waals surface area contributed by atoms with Crippen molar-refractivity contribution in [3.63, 3.8) is 0 Å². The average molecular weight is 318 g/mol. The number of hydrogen-bond acceptors (Lipinski definition) is 3. The fourth-order valence-corrected chi connectivity index (χ4v) is 2.62. The van der Waals surface area contributed by atoms with Gasteiger partial charge in [-0.25, -0.2) is 4.79 Å². The molecular formula is C17H22N2O2S. The molecule has 0 aliphatic heterocycles. The van der Waals surface area contributed by atoms with Crippen LogP contribution in [0.1, 0.15) is 16.9 Å². The molecule has 2 amide bonds. The van der Waals surface area contributed by atoms with Crippen molar-refractivity contribution in [3.05, 3.63) is 52.2 Å². The first-order chi connectivity index (χ1) is 10.7. The summed E-state index contributed by atoms with van der Waals surface area (Å²) in [7, 11) is 0. The largest absolute Gasteiger partial charge is 0.494 e. The molecule has 0 bridgehead atoms. The molecule has 2 rings (SSSR count). The highest BCUT2D eigenvalue weighted by atomic mass is 32.1. The van der Waals surface area contributed by atoms with Gasteiger partial charge in [0.25, 0.3) is 0 Å². The lowest BCUT2D eigenvalue weighted by atomic mass is 10.2. The summed E-state index contributed by atoms with van der Waals surface area (Å²) in [6.07, 6.45) is 1.66. The number of rotatable bonds is 8. The number of amides is 2. The molecule has 0 spiro atoms. The first-order valence-corrected chi connectivity index (χ1v) is 8.35. The highest BCUT2D eigenvalue weighted by molar-refractivity contribution is 7.09.